The minimum Gasteiger partial charge on any atom is -0.367 e. The van der Waals surface area contributed by atoms with Crippen molar-refractivity contribution in [2.24, 2.45) is 0 Å². The zero-order chi connectivity index (χ0) is 9.80. The largest absolute Gasteiger partial charge is 0.367 e. The van der Waals surface area contributed by atoms with Gasteiger partial charge < -0.3 is 15.4 Å². The zero-order valence-electron chi connectivity index (χ0n) is 8.42. The standard InChI is InChI=1S/C10H18N2O2/c13-10-7-14-9(6-12-10)5-8-3-1-2-4-11-8/h8-9,11H,1-7H2,(H,12,13). The molecule has 0 spiro atoms. The summed E-state index contributed by atoms with van der Waals surface area (Å²) in [5.74, 6) is 0.0119. The van der Waals surface area contributed by atoms with Crippen molar-refractivity contribution >= 4 is 5.91 Å². The molecule has 0 aromatic heterocycles. The van der Waals surface area contributed by atoms with Gasteiger partial charge in [-0.25, -0.2) is 0 Å². The van der Waals surface area contributed by atoms with Crippen LogP contribution in [0.25, 0.3) is 0 Å². The monoisotopic (exact) mass is 198 g/mol. The maximum Gasteiger partial charge on any atom is 0.246 e. The van der Waals surface area contributed by atoms with Crippen molar-refractivity contribution in [3.05, 3.63) is 0 Å². The Labute approximate surface area is 84.4 Å². The van der Waals surface area contributed by atoms with Gasteiger partial charge in [-0.05, 0) is 25.8 Å². The van der Waals surface area contributed by atoms with Gasteiger partial charge in [0.1, 0.15) is 6.61 Å². The van der Waals surface area contributed by atoms with E-state index in [2.05, 4.69) is 10.6 Å². The van der Waals surface area contributed by atoms with E-state index in [0.717, 1.165) is 13.0 Å². The average Bonchev–Trinajstić information content (AvgIpc) is 2.23. The summed E-state index contributed by atoms with van der Waals surface area (Å²) in [5.41, 5.74) is 0. The highest BCUT2D eigenvalue weighted by molar-refractivity contribution is 5.77. The molecule has 2 N–H and O–H groups in total. The molecule has 4 nitrogen and oxygen atoms in total. The molecule has 0 radical (unpaired) electrons. The predicted octanol–water partition coefficient (Wildman–Crippen LogP) is 0.0336. The fourth-order valence-corrected chi connectivity index (χ4v) is 2.13. The molecule has 2 fully saturated rings. The highest BCUT2D eigenvalue weighted by atomic mass is 16.5. The van der Waals surface area contributed by atoms with E-state index in [1.54, 1.807) is 0 Å². The van der Waals surface area contributed by atoms with Gasteiger partial charge in [0, 0.05) is 12.6 Å². The lowest BCUT2D eigenvalue weighted by Gasteiger charge is -2.29. The van der Waals surface area contributed by atoms with Crippen LogP contribution in [0.1, 0.15) is 25.7 Å². The maximum atomic E-state index is 10.8. The number of carbonyl (C=O) groups excluding carboxylic acids is 1. The van der Waals surface area contributed by atoms with Gasteiger partial charge in [0.05, 0.1) is 6.10 Å². The van der Waals surface area contributed by atoms with E-state index in [1.807, 2.05) is 0 Å². The summed E-state index contributed by atoms with van der Waals surface area (Å²) >= 11 is 0. The van der Waals surface area contributed by atoms with Crippen LogP contribution in [-0.4, -0.2) is 37.7 Å². The SMILES string of the molecule is O=C1COC(CC2CCCCN2)CN1. The normalized spacial score (nSPS) is 33.9. The molecule has 0 saturated carbocycles. The lowest BCUT2D eigenvalue weighted by molar-refractivity contribution is -0.133. The van der Waals surface area contributed by atoms with Crippen molar-refractivity contribution in [1.29, 1.82) is 0 Å². The summed E-state index contributed by atoms with van der Waals surface area (Å²) in [6.07, 6.45) is 5.09. The summed E-state index contributed by atoms with van der Waals surface area (Å²) in [6.45, 7) is 2.04. The van der Waals surface area contributed by atoms with Crippen molar-refractivity contribution in [3.63, 3.8) is 0 Å². The Morgan fingerprint density at radius 2 is 2.36 bits per heavy atom. The molecule has 4 heteroatoms. The molecular weight excluding hydrogens is 180 g/mol. The molecule has 0 aromatic carbocycles. The smallest absolute Gasteiger partial charge is 0.246 e. The van der Waals surface area contributed by atoms with Crippen LogP contribution in [0, 0.1) is 0 Å². The second-order valence-corrected chi connectivity index (χ2v) is 4.12. The first kappa shape index (κ1) is 9.93. The Kier molecular flexibility index (Phi) is 3.37. The number of hydrogen-bond donors (Lipinski definition) is 2. The minimum atomic E-state index is 0.0119. The minimum absolute atomic E-state index is 0.0119. The number of morpholine rings is 1. The molecule has 2 unspecified atom stereocenters. The first-order valence-electron chi connectivity index (χ1n) is 5.46. The first-order valence-corrected chi connectivity index (χ1v) is 5.46. The molecule has 2 atom stereocenters. The van der Waals surface area contributed by atoms with Crippen molar-refractivity contribution in [2.75, 3.05) is 19.7 Å². The van der Waals surface area contributed by atoms with E-state index in [4.69, 9.17) is 4.74 Å². The fraction of sp³-hybridized carbons (Fsp3) is 0.900. The highest BCUT2D eigenvalue weighted by Crippen LogP contribution is 2.14. The number of piperidine rings is 1. The summed E-state index contributed by atoms with van der Waals surface area (Å²) in [4.78, 5) is 10.8. The van der Waals surface area contributed by atoms with E-state index in [9.17, 15) is 4.79 Å². The molecule has 2 aliphatic rings. The quantitative estimate of drug-likeness (QED) is 0.658. The Hall–Kier alpha value is -0.610. The summed E-state index contributed by atoms with van der Waals surface area (Å²) in [7, 11) is 0. The Morgan fingerprint density at radius 3 is 3.00 bits per heavy atom. The van der Waals surface area contributed by atoms with Crippen LogP contribution in [0.15, 0.2) is 0 Å². The summed E-state index contributed by atoms with van der Waals surface area (Å²) in [6, 6.07) is 0.587. The number of ether oxygens (including phenoxy) is 1. The van der Waals surface area contributed by atoms with Crippen molar-refractivity contribution < 1.29 is 9.53 Å². The van der Waals surface area contributed by atoms with Gasteiger partial charge in [-0.1, -0.05) is 6.42 Å². The molecule has 14 heavy (non-hydrogen) atoms. The number of rotatable bonds is 2. The predicted molar refractivity (Wildman–Crippen MR) is 53.0 cm³/mol. The first-order chi connectivity index (χ1) is 6.84. The molecular formula is C10H18N2O2. The highest BCUT2D eigenvalue weighted by Gasteiger charge is 2.22. The topological polar surface area (TPSA) is 50.4 Å². The third-order valence-electron chi connectivity index (χ3n) is 2.94. The third-order valence-corrected chi connectivity index (χ3v) is 2.94. The van der Waals surface area contributed by atoms with Crippen molar-refractivity contribution in [1.82, 2.24) is 10.6 Å². The van der Waals surface area contributed by atoms with Crippen molar-refractivity contribution in [3.8, 4) is 0 Å². The van der Waals surface area contributed by atoms with E-state index >= 15 is 0 Å². The summed E-state index contributed by atoms with van der Waals surface area (Å²) in [5, 5.41) is 6.31. The number of hydrogen-bond acceptors (Lipinski definition) is 3. The van der Waals surface area contributed by atoms with Crippen LogP contribution in [-0.2, 0) is 9.53 Å². The van der Waals surface area contributed by atoms with Crippen LogP contribution >= 0.6 is 0 Å². The molecule has 2 aliphatic heterocycles. The van der Waals surface area contributed by atoms with Crippen LogP contribution in [0.5, 0.6) is 0 Å². The molecule has 2 rings (SSSR count). The average molecular weight is 198 g/mol. The number of amides is 1. The van der Waals surface area contributed by atoms with E-state index in [1.165, 1.54) is 19.3 Å². The summed E-state index contributed by atoms with van der Waals surface area (Å²) < 4.78 is 5.44. The van der Waals surface area contributed by atoms with E-state index < -0.39 is 0 Å². The molecule has 80 valence electrons. The van der Waals surface area contributed by atoms with Crippen LogP contribution in [0.2, 0.25) is 0 Å². The molecule has 1 amide bonds. The van der Waals surface area contributed by atoms with Crippen molar-refractivity contribution in [2.45, 2.75) is 37.8 Å². The van der Waals surface area contributed by atoms with Crippen LogP contribution in [0.3, 0.4) is 0 Å². The molecule has 0 aliphatic carbocycles. The lowest BCUT2D eigenvalue weighted by atomic mass is 9.99. The van der Waals surface area contributed by atoms with Gasteiger partial charge in [-0.3, -0.25) is 4.79 Å². The Balaban J connectivity index is 1.71. The molecule has 2 saturated heterocycles. The van der Waals surface area contributed by atoms with Gasteiger partial charge in [0.25, 0.3) is 0 Å². The van der Waals surface area contributed by atoms with Gasteiger partial charge in [0.2, 0.25) is 5.91 Å². The molecule has 0 aromatic rings. The lowest BCUT2D eigenvalue weighted by Crippen LogP contribution is -2.46. The zero-order valence-corrected chi connectivity index (χ0v) is 8.42. The van der Waals surface area contributed by atoms with Gasteiger partial charge >= 0.3 is 0 Å². The van der Waals surface area contributed by atoms with E-state index in [0.29, 0.717) is 12.6 Å². The van der Waals surface area contributed by atoms with Gasteiger partial charge in [-0.15, -0.1) is 0 Å². The van der Waals surface area contributed by atoms with Crippen LogP contribution < -0.4 is 10.6 Å². The third kappa shape index (κ3) is 2.69. The Bertz CT molecular complexity index is 192. The second kappa shape index (κ2) is 4.75. The fourth-order valence-electron chi connectivity index (χ4n) is 2.13. The second-order valence-electron chi connectivity index (χ2n) is 4.12. The number of nitrogens with one attached hydrogen (secondary N) is 2. The van der Waals surface area contributed by atoms with E-state index in [-0.39, 0.29) is 18.6 Å². The molecule has 2 heterocycles. The number of carbonyl (C=O) groups is 1. The Morgan fingerprint density at radius 1 is 1.43 bits per heavy atom. The maximum absolute atomic E-state index is 10.8. The van der Waals surface area contributed by atoms with Gasteiger partial charge in [0.15, 0.2) is 0 Å². The van der Waals surface area contributed by atoms with Gasteiger partial charge in [-0.2, -0.15) is 0 Å². The molecule has 0 bridgehead atoms. The van der Waals surface area contributed by atoms with Crippen LogP contribution in [0.4, 0.5) is 0 Å².